The van der Waals surface area contributed by atoms with E-state index in [1.165, 1.54) is 22.5 Å². The number of thiocarbonyl (C=S) groups is 1. The van der Waals surface area contributed by atoms with Crippen LogP contribution in [-0.2, 0) is 7.05 Å². The van der Waals surface area contributed by atoms with Gasteiger partial charge in [0.15, 0.2) is 5.11 Å². The molecule has 4 rings (SSSR count). The minimum atomic E-state index is -0.00693. The predicted molar refractivity (Wildman–Crippen MR) is 114 cm³/mol. The molecule has 1 aromatic carbocycles. The lowest BCUT2D eigenvalue weighted by Gasteiger charge is -2.29. The molecule has 1 aliphatic heterocycles. The van der Waals surface area contributed by atoms with Gasteiger partial charge in [0, 0.05) is 30.3 Å². The second-order valence-electron chi connectivity index (χ2n) is 7.30. The second kappa shape index (κ2) is 6.82. The van der Waals surface area contributed by atoms with E-state index in [0.717, 1.165) is 16.5 Å². The lowest BCUT2D eigenvalue weighted by atomic mass is 10.0. The van der Waals surface area contributed by atoms with E-state index in [2.05, 4.69) is 84.0 Å². The Bertz CT molecular complexity index is 973. The van der Waals surface area contributed by atoms with Crippen LogP contribution < -0.4 is 10.2 Å². The average Bonchev–Trinajstić information content (AvgIpc) is 3.14. The molecule has 3 heterocycles. The highest BCUT2D eigenvalue weighted by molar-refractivity contribution is 7.80. The van der Waals surface area contributed by atoms with Crippen molar-refractivity contribution in [2.45, 2.75) is 32.9 Å². The molecular formula is C22H24N4S. The Morgan fingerprint density at radius 1 is 1.00 bits per heavy atom. The molecule has 4 nitrogen and oxygen atoms in total. The molecule has 138 valence electrons. The molecule has 0 radical (unpaired) electrons. The van der Waals surface area contributed by atoms with Crippen molar-refractivity contribution in [3.05, 3.63) is 82.9 Å². The smallest absolute Gasteiger partial charge is 0.174 e. The number of nitrogens with one attached hydrogen (secondary N) is 1. The molecule has 2 aromatic heterocycles. The van der Waals surface area contributed by atoms with Gasteiger partial charge in [0.25, 0.3) is 0 Å². The predicted octanol–water partition coefficient (Wildman–Crippen LogP) is 4.52. The van der Waals surface area contributed by atoms with Gasteiger partial charge in [0.2, 0.25) is 0 Å². The monoisotopic (exact) mass is 376 g/mol. The third-order valence-electron chi connectivity index (χ3n) is 5.30. The Kier molecular flexibility index (Phi) is 4.48. The Morgan fingerprint density at radius 3 is 2.33 bits per heavy atom. The quantitative estimate of drug-likeness (QED) is 0.681. The number of nitrogens with zero attached hydrogens (tertiary/aromatic N) is 3. The number of pyridine rings is 1. The highest BCUT2D eigenvalue weighted by Crippen LogP contribution is 2.42. The number of hydrogen-bond acceptors (Lipinski definition) is 2. The van der Waals surface area contributed by atoms with Crippen molar-refractivity contribution in [3.8, 4) is 0 Å². The van der Waals surface area contributed by atoms with Crippen LogP contribution in [0.5, 0.6) is 0 Å². The maximum Gasteiger partial charge on any atom is 0.174 e. The molecular weight excluding hydrogens is 352 g/mol. The van der Waals surface area contributed by atoms with Gasteiger partial charge in [-0.1, -0.05) is 12.1 Å². The molecule has 0 unspecified atom stereocenters. The lowest BCUT2D eigenvalue weighted by Crippen LogP contribution is -2.30. The van der Waals surface area contributed by atoms with Crippen LogP contribution in [0.3, 0.4) is 0 Å². The maximum absolute atomic E-state index is 5.79. The van der Waals surface area contributed by atoms with Gasteiger partial charge in [0.1, 0.15) is 6.04 Å². The SMILES string of the molecule is Cc1cc(C)cc(N2C(=S)N[C@@H](c3ccccn3)[C@@H]2c2ccc(C)n2C)c1. The summed E-state index contributed by atoms with van der Waals surface area (Å²) in [4.78, 5) is 6.85. The van der Waals surface area contributed by atoms with E-state index in [-0.39, 0.29) is 12.1 Å². The standard InChI is InChI=1S/C22H24N4S/c1-14-11-15(2)13-17(12-14)26-21(19-9-8-16(3)25(19)4)20(24-22(26)27)18-7-5-6-10-23-18/h5-13,20-21H,1-4H3,(H,24,27)/t20-,21-/m0/s1. The summed E-state index contributed by atoms with van der Waals surface area (Å²) in [6.07, 6.45) is 1.84. The van der Waals surface area contributed by atoms with E-state index >= 15 is 0 Å². The van der Waals surface area contributed by atoms with Crippen LogP contribution in [0.2, 0.25) is 0 Å². The molecule has 1 N–H and O–H groups in total. The molecule has 3 aromatic rings. The molecule has 1 aliphatic rings. The van der Waals surface area contributed by atoms with Gasteiger partial charge < -0.3 is 14.8 Å². The number of aryl methyl sites for hydroxylation is 3. The van der Waals surface area contributed by atoms with Gasteiger partial charge in [-0.2, -0.15) is 0 Å². The fraction of sp³-hybridized carbons (Fsp3) is 0.273. The summed E-state index contributed by atoms with van der Waals surface area (Å²) >= 11 is 5.79. The van der Waals surface area contributed by atoms with Gasteiger partial charge in [-0.25, -0.2) is 0 Å². The molecule has 0 bridgehead atoms. The molecule has 27 heavy (non-hydrogen) atoms. The van der Waals surface area contributed by atoms with Crippen LogP contribution in [0.15, 0.2) is 54.7 Å². The number of benzene rings is 1. The maximum atomic E-state index is 5.79. The van der Waals surface area contributed by atoms with Crippen LogP contribution in [0.4, 0.5) is 5.69 Å². The van der Waals surface area contributed by atoms with Gasteiger partial charge >= 0.3 is 0 Å². The molecule has 0 spiro atoms. The zero-order chi connectivity index (χ0) is 19.1. The Balaban J connectivity index is 1.88. The number of hydrogen-bond donors (Lipinski definition) is 1. The summed E-state index contributed by atoms with van der Waals surface area (Å²) in [5, 5.41) is 4.26. The molecule has 1 fully saturated rings. The van der Waals surface area contributed by atoms with Crippen LogP contribution in [0.25, 0.3) is 0 Å². The van der Waals surface area contributed by atoms with E-state index in [9.17, 15) is 0 Å². The van der Waals surface area contributed by atoms with Crippen molar-refractivity contribution in [3.63, 3.8) is 0 Å². The first kappa shape index (κ1) is 17.7. The van der Waals surface area contributed by atoms with Gasteiger partial charge in [-0.15, -0.1) is 0 Å². The van der Waals surface area contributed by atoms with E-state index in [1.54, 1.807) is 0 Å². The van der Waals surface area contributed by atoms with E-state index in [1.807, 2.05) is 18.3 Å². The summed E-state index contributed by atoms with van der Waals surface area (Å²) in [5.74, 6) is 0. The topological polar surface area (TPSA) is 33.1 Å². The van der Waals surface area contributed by atoms with Crippen molar-refractivity contribution in [1.29, 1.82) is 0 Å². The van der Waals surface area contributed by atoms with Gasteiger partial charge in [0.05, 0.1) is 11.7 Å². The van der Waals surface area contributed by atoms with Crippen LogP contribution in [0, 0.1) is 20.8 Å². The highest BCUT2D eigenvalue weighted by Gasteiger charge is 2.42. The summed E-state index contributed by atoms with van der Waals surface area (Å²) < 4.78 is 2.24. The number of rotatable bonds is 3. The van der Waals surface area contributed by atoms with E-state index in [0.29, 0.717) is 0 Å². The molecule has 5 heteroatoms. The summed E-state index contributed by atoms with van der Waals surface area (Å²) in [5.41, 5.74) is 7.02. The normalized spacial score (nSPS) is 19.4. The number of anilines is 1. The summed E-state index contributed by atoms with van der Waals surface area (Å²) in [6.45, 7) is 6.38. The largest absolute Gasteiger partial charge is 0.351 e. The van der Waals surface area contributed by atoms with Gasteiger partial charge in [-0.3, -0.25) is 4.98 Å². The molecule has 0 amide bonds. The second-order valence-corrected chi connectivity index (χ2v) is 7.69. The third kappa shape index (κ3) is 3.12. The third-order valence-corrected chi connectivity index (χ3v) is 5.61. The minimum Gasteiger partial charge on any atom is -0.351 e. The minimum absolute atomic E-state index is 0.00693. The molecule has 0 saturated carbocycles. The van der Waals surface area contributed by atoms with Crippen LogP contribution in [-0.4, -0.2) is 14.7 Å². The Hall–Kier alpha value is -2.66. The van der Waals surface area contributed by atoms with E-state index < -0.39 is 0 Å². The zero-order valence-electron chi connectivity index (χ0n) is 16.1. The van der Waals surface area contributed by atoms with E-state index in [4.69, 9.17) is 12.2 Å². The molecule has 2 atom stereocenters. The average molecular weight is 377 g/mol. The van der Waals surface area contributed by atoms with Crippen molar-refractivity contribution < 1.29 is 0 Å². The Morgan fingerprint density at radius 2 is 1.74 bits per heavy atom. The fourth-order valence-corrected chi connectivity index (χ4v) is 4.30. The molecule has 1 saturated heterocycles. The Labute approximate surface area is 165 Å². The van der Waals surface area contributed by atoms with Crippen molar-refractivity contribution in [2.75, 3.05) is 4.90 Å². The number of aromatic nitrogens is 2. The first-order valence-corrected chi connectivity index (χ1v) is 9.57. The fourth-order valence-electron chi connectivity index (χ4n) is 3.95. The van der Waals surface area contributed by atoms with Crippen molar-refractivity contribution in [1.82, 2.24) is 14.9 Å². The van der Waals surface area contributed by atoms with Crippen molar-refractivity contribution >= 4 is 23.0 Å². The highest BCUT2D eigenvalue weighted by atomic mass is 32.1. The van der Waals surface area contributed by atoms with Gasteiger partial charge in [-0.05, 0) is 80.5 Å². The first-order valence-electron chi connectivity index (χ1n) is 9.17. The lowest BCUT2D eigenvalue weighted by molar-refractivity contribution is 0.539. The van der Waals surface area contributed by atoms with Crippen molar-refractivity contribution in [2.24, 2.45) is 7.05 Å². The zero-order valence-corrected chi connectivity index (χ0v) is 16.9. The molecule has 0 aliphatic carbocycles. The van der Waals surface area contributed by atoms with Crippen LogP contribution >= 0.6 is 12.2 Å². The summed E-state index contributed by atoms with van der Waals surface area (Å²) in [7, 11) is 2.11. The summed E-state index contributed by atoms with van der Waals surface area (Å²) in [6, 6.07) is 17.0. The van der Waals surface area contributed by atoms with Crippen LogP contribution in [0.1, 0.15) is 40.3 Å². The first-order chi connectivity index (χ1) is 13.0.